The summed E-state index contributed by atoms with van der Waals surface area (Å²) in [5.41, 5.74) is 2.03. The summed E-state index contributed by atoms with van der Waals surface area (Å²) in [5, 5.41) is 4.41. The standard InChI is InChI=1S/C24H28N2O2/c1-2-25-20-9-14-23-19(16-20)8-15-24(26-23)28-22-12-10-21(11-13-22)27-17-18-6-4-3-5-7-18/h8-16,18,25H,2-7,17H2,1H3. The monoisotopic (exact) mass is 376 g/mol. The number of nitrogens with zero attached hydrogens (tertiary/aromatic N) is 1. The molecule has 1 heterocycles. The van der Waals surface area contributed by atoms with Crippen LogP contribution in [0.25, 0.3) is 10.9 Å². The number of pyridine rings is 1. The van der Waals surface area contributed by atoms with Gasteiger partial charge in [0, 0.05) is 23.7 Å². The van der Waals surface area contributed by atoms with Crippen LogP contribution in [0.2, 0.25) is 0 Å². The van der Waals surface area contributed by atoms with Crippen LogP contribution < -0.4 is 14.8 Å². The summed E-state index contributed by atoms with van der Waals surface area (Å²) in [4.78, 5) is 4.61. The number of nitrogens with one attached hydrogen (secondary N) is 1. The van der Waals surface area contributed by atoms with Crippen LogP contribution in [-0.2, 0) is 0 Å². The Labute approximate surface area is 166 Å². The number of hydrogen-bond acceptors (Lipinski definition) is 4. The van der Waals surface area contributed by atoms with Crippen molar-refractivity contribution in [2.45, 2.75) is 39.0 Å². The Balaban J connectivity index is 1.37. The molecule has 0 amide bonds. The van der Waals surface area contributed by atoms with Crippen LogP contribution in [0.5, 0.6) is 17.4 Å². The smallest absolute Gasteiger partial charge is 0.219 e. The number of hydrogen-bond donors (Lipinski definition) is 1. The van der Waals surface area contributed by atoms with Gasteiger partial charge in [-0.1, -0.05) is 19.3 Å². The Morgan fingerprint density at radius 2 is 1.71 bits per heavy atom. The van der Waals surface area contributed by atoms with Crippen LogP contribution in [-0.4, -0.2) is 18.1 Å². The largest absolute Gasteiger partial charge is 0.493 e. The number of anilines is 1. The minimum atomic E-state index is 0.597. The summed E-state index contributed by atoms with van der Waals surface area (Å²) in [5.74, 6) is 2.97. The van der Waals surface area contributed by atoms with E-state index in [2.05, 4.69) is 23.3 Å². The molecule has 0 radical (unpaired) electrons. The fourth-order valence-electron chi connectivity index (χ4n) is 3.77. The molecule has 4 heteroatoms. The van der Waals surface area contributed by atoms with E-state index in [4.69, 9.17) is 9.47 Å². The third-order valence-electron chi connectivity index (χ3n) is 5.30. The zero-order valence-electron chi connectivity index (χ0n) is 16.5. The summed E-state index contributed by atoms with van der Waals surface area (Å²) in [6, 6.07) is 17.9. The molecule has 28 heavy (non-hydrogen) atoms. The molecule has 1 saturated carbocycles. The summed E-state index contributed by atoms with van der Waals surface area (Å²) < 4.78 is 11.9. The molecule has 3 aromatic rings. The topological polar surface area (TPSA) is 43.4 Å². The second kappa shape index (κ2) is 8.96. The van der Waals surface area contributed by atoms with Gasteiger partial charge in [-0.05, 0) is 74.2 Å². The molecule has 2 aromatic carbocycles. The van der Waals surface area contributed by atoms with Crippen molar-refractivity contribution in [3.63, 3.8) is 0 Å². The summed E-state index contributed by atoms with van der Waals surface area (Å²) in [6.45, 7) is 3.81. The third-order valence-corrected chi connectivity index (χ3v) is 5.30. The van der Waals surface area contributed by atoms with E-state index < -0.39 is 0 Å². The van der Waals surface area contributed by atoms with E-state index in [1.165, 1.54) is 32.1 Å². The number of aromatic nitrogens is 1. The van der Waals surface area contributed by atoms with Crippen LogP contribution in [0.1, 0.15) is 39.0 Å². The molecule has 0 spiro atoms. The van der Waals surface area contributed by atoms with E-state index in [0.717, 1.165) is 41.2 Å². The highest BCUT2D eigenvalue weighted by molar-refractivity contribution is 5.82. The molecule has 0 atom stereocenters. The Hall–Kier alpha value is -2.75. The summed E-state index contributed by atoms with van der Waals surface area (Å²) >= 11 is 0. The van der Waals surface area contributed by atoms with Gasteiger partial charge in [-0.25, -0.2) is 4.98 Å². The van der Waals surface area contributed by atoms with Gasteiger partial charge in [0.15, 0.2) is 0 Å². The molecule has 1 aliphatic rings. The number of rotatable bonds is 7. The Morgan fingerprint density at radius 3 is 2.50 bits per heavy atom. The van der Waals surface area contributed by atoms with Gasteiger partial charge in [-0.3, -0.25) is 0 Å². The molecule has 1 aromatic heterocycles. The molecule has 4 rings (SSSR count). The number of fused-ring (bicyclic) bond motifs is 1. The maximum Gasteiger partial charge on any atom is 0.219 e. The quantitative estimate of drug-likeness (QED) is 0.517. The number of benzene rings is 2. The number of ether oxygens (including phenoxy) is 2. The van der Waals surface area contributed by atoms with E-state index in [0.29, 0.717) is 11.8 Å². The maximum atomic E-state index is 5.96. The molecule has 1 N–H and O–H groups in total. The average molecular weight is 377 g/mol. The van der Waals surface area contributed by atoms with Crippen LogP contribution >= 0.6 is 0 Å². The van der Waals surface area contributed by atoms with Crippen molar-refractivity contribution < 1.29 is 9.47 Å². The van der Waals surface area contributed by atoms with Gasteiger partial charge in [0.1, 0.15) is 11.5 Å². The Bertz CT molecular complexity index is 902. The Kier molecular flexibility index (Phi) is 5.95. The van der Waals surface area contributed by atoms with Crippen molar-refractivity contribution >= 4 is 16.6 Å². The molecule has 1 fully saturated rings. The summed E-state index contributed by atoms with van der Waals surface area (Å²) in [6.07, 6.45) is 6.66. The van der Waals surface area contributed by atoms with Crippen molar-refractivity contribution in [2.75, 3.05) is 18.5 Å². The van der Waals surface area contributed by atoms with Crippen molar-refractivity contribution in [2.24, 2.45) is 5.92 Å². The van der Waals surface area contributed by atoms with E-state index in [1.807, 2.05) is 48.5 Å². The van der Waals surface area contributed by atoms with Gasteiger partial charge >= 0.3 is 0 Å². The zero-order chi connectivity index (χ0) is 19.2. The van der Waals surface area contributed by atoms with Crippen molar-refractivity contribution in [3.05, 3.63) is 54.6 Å². The molecule has 1 aliphatic carbocycles. The lowest BCUT2D eigenvalue weighted by Gasteiger charge is -2.21. The Morgan fingerprint density at radius 1 is 0.929 bits per heavy atom. The van der Waals surface area contributed by atoms with Gasteiger partial charge in [-0.15, -0.1) is 0 Å². The molecule has 0 bridgehead atoms. The lowest BCUT2D eigenvalue weighted by Crippen LogP contribution is -2.15. The van der Waals surface area contributed by atoms with Crippen molar-refractivity contribution in [1.29, 1.82) is 0 Å². The predicted octanol–water partition coefficient (Wildman–Crippen LogP) is 6.42. The van der Waals surface area contributed by atoms with E-state index in [-0.39, 0.29) is 0 Å². The second-order valence-corrected chi connectivity index (χ2v) is 7.48. The van der Waals surface area contributed by atoms with Crippen LogP contribution in [0.4, 0.5) is 5.69 Å². The molecule has 4 nitrogen and oxygen atoms in total. The van der Waals surface area contributed by atoms with Gasteiger partial charge in [0.2, 0.25) is 5.88 Å². The van der Waals surface area contributed by atoms with Gasteiger partial charge in [0.25, 0.3) is 0 Å². The van der Waals surface area contributed by atoms with Crippen molar-refractivity contribution in [3.8, 4) is 17.4 Å². The zero-order valence-corrected chi connectivity index (χ0v) is 16.5. The first-order chi connectivity index (χ1) is 13.8. The average Bonchev–Trinajstić information content (AvgIpc) is 2.74. The fraction of sp³-hybridized carbons (Fsp3) is 0.375. The first-order valence-electron chi connectivity index (χ1n) is 10.4. The molecule has 146 valence electrons. The van der Waals surface area contributed by atoms with E-state index in [1.54, 1.807) is 0 Å². The van der Waals surface area contributed by atoms with Crippen LogP contribution in [0.15, 0.2) is 54.6 Å². The fourth-order valence-corrected chi connectivity index (χ4v) is 3.77. The van der Waals surface area contributed by atoms with Crippen LogP contribution in [0.3, 0.4) is 0 Å². The van der Waals surface area contributed by atoms with Gasteiger partial charge < -0.3 is 14.8 Å². The highest BCUT2D eigenvalue weighted by atomic mass is 16.5. The van der Waals surface area contributed by atoms with Crippen molar-refractivity contribution in [1.82, 2.24) is 4.98 Å². The second-order valence-electron chi connectivity index (χ2n) is 7.48. The molecular weight excluding hydrogens is 348 g/mol. The lowest BCUT2D eigenvalue weighted by molar-refractivity contribution is 0.208. The predicted molar refractivity (Wildman–Crippen MR) is 114 cm³/mol. The first-order valence-corrected chi connectivity index (χ1v) is 10.4. The molecule has 0 saturated heterocycles. The highest BCUT2D eigenvalue weighted by Gasteiger charge is 2.14. The maximum absolute atomic E-state index is 5.96. The highest BCUT2D eigenvalue weighted by Crippen LogP contribution is 2.27. The minimum absolute atomic E-state index is 0.597. The third kappa shape index (κ3) is 4.75. The SMILES string of the molecule is CCNc1ccc2nc(Oc3ccc(OCC4CCCCC4)cc3)ccc2c1. The van der Waals surface area contributed by atoms with E-state index >= 15 is 0 Å². The van der Waals surface area contributed by atoms with Gasteiger partial charge in [0.05, 0.1) is 12.1 Å². The van der Waals surface area contributed by atoms with Crippen LogP contribution in [0, 0.1) is 5.92 Å². The first kappa shape index (κ1) is 18.6. The van der Waals surface area contributed by atoms with E-state index in [9.17, 15) is 0 Å². The minimum Gasteiger partial charge on any atom is -0.493 e. The molecule has 0 aliphatic heterocycles. The normalized spacial score (nSPS) is 14.8. The molecule has 0 unspecified atom stereocenters. The van der Waals surface area contributed by atoms with Gasteiger partial charge in [-0.2, -0.15) is 0 Å². The lowest BCUT2D eigenvalue weighted by atomic mass is 9.90. The summed E-state index contributed by atoms with van der Waals surface area (Å²) in [7, 11) is 0. The molecular formula is C24H28N2O2.